The van der Waals surface area contributed by atoms with Crippen LogP contribution < -0.4 is 5.32 Å². The minimum Gasteiger partial charge on any atom is -0.465 e. The largest absolute Gasteiger partial charge is 0.465 e. The van der Waals surface area contributed by atoms with Crippen molar-refractivity contribution in [3.05, 3.63) is 16.0 Å². The molecule has 1 aromatic heterocycles. The number of thiocarbonyl (C=S) groups is 1. The van der Waals surface area contributed by atoms with Crippen LogP contribution in [0, 0.1) is 18.8 Å². The van der Waals surface area contributed by atoms with E-state index in [4.69, 9.17) is 21.7 Å². The highest BCUT2D eigenvalue weighted by Gasteiger charge is 2.27. The predicted molar refractivity (Wildman–Crippen MR) is 109 cm³/mol. The van der Waals surface area contributed by atoms with Crippen molar-refractivity contribution in [2.24, 2.45) is 11.8 Å². The van der Waals surface area contributed by atoms with E-state index in [9.17, 15) is 9.59 Å². The normalized spacial score (nSPS) is 10.8. The molecule has 0 saturated heterocycles. The Bertz CT molecular complexity index is 658. The fraction of sp³-hybridized carbons (Fsp3) is 0.611. The van der Waals surface area contributed by atoms with E-state index in [2.05, 4.69) is 37.9 Å². The first-order chi connectivity index (χ1) is 12.1. The molecule has 6 nitrogen and oxygen atoms in total. The maximum absolute atomic E-state index is 12.2. The fourth-order valence-corrected chi connectivity index (χ4v) is 3.96. The van der Waals surface area contributed by atoms with Gasteiger partial charge in [-0.15, -0.1) is 11.3 Å². The molecule has 8 heteroatoms. The molecule has 0 aliphatic rings. The number of carbonyl (C=O) groups is 2. The Labute approximate surface area is 164 Å². The Balaban J connectivity index is 3.21. The van der Waals surface area contributed by atoms with E-state index in [0.29, 0.717) is 38.0 Å². The van der Waals surface area contributed by atoms with Crippen molar-refractivity contribution < 1.29 is 19.1 Å². The number of esters is 2. The van der Waals surface area contributed by atoms with Crippen molar-refractivity contribution in [2.75, 3.05) is 32.6 Å². The molecule has 0 aliphatic heterocycles. The molecule has 0 aliphatic carbocycles. The molecule has 146 valence electrons. The van der Waals surface area contributed by atoms with Gasteiger partial charge in [-0.3, -0.25) is 0 Å². The van der Waals surface area contributed by atoms with Crippen LogP contribution in [0.25, 0.3) is 0 Å². The van der Waals surface area contributed by atoms with Crippen LogP contribution >= 0.6 is 23.6 Å². The summed E-state index contributed by atoms with van der Waals surface area (Å²) in [4.78, 5) is 26.6. The average Bonchev–Trinajstić information content (AvgIpc) is 2.88. The van der Waals surface area contributed by atoms with Crippen LogP contribution in [0.15, 0.2) is 0 Å². The molecule has 0 aromatic carbocycles. The number of thiophene rings is 1. The Morgan fingerprint density at radius 2 is 1.58 bits per heavy atom. The predicted octanol–water partition coefficient (Wildman–Crippen LogP) is 3.94. The summed E-state index contributed by atoms with van der Waals surface area (Å²) < 4.78 is 9.68. The first-order valence-electron chi connectivity index (χ1n) is 8.48. The van der Waals surface area contributed by atoms with E-state index in [1.165, 1.54) is 14.2 Å². The quantitative estimate of drug-likeness (QED) is 0.549. The second-order valence-corrected chi connectivity index (χ2v) is 8.27. The highest BCUT2D eigenvalue weighted by atomic mass is 32.1. The number of nitrogens with zero attached hydrogens (tertiary/aromatic N) is 1. The van der Waals surface area contributed by atoms with Gasteiger partial charge in [0.1, 0.15) is 9.88 Å². The van der Waals surface area contributed by atoms with Gasteiger partial charge in [0.25, 0.3) is 0 Å². The highest BCUT2D eigenvalue weighted by Crippen LogP contribution is 2.34. The molecule has 0 unspecified atom stereocenters. The molecule has 1 aromatic rings. The summed E-state index contributed by atoms with van der Waals surface area (Å²) in [6, 6.07) is 0. The third kappa shape index (κ3) is 5.67. The number of hydrogen-bond donors (Lipinski definition) is 1. The summed E-state index contributed by atoms with van der Waals surface area (Å²) in [6.07, 6.45) is 0. The van der Waals surface area contributed by atoms with E-state index < -0.39 is 11.9 Å². The van der Waals surface area contributed by atoms with E-state index in [-0.39, 0.29) is 0 Å². The van der Waals surface area contributed by atoms with Crippen LogP contribution in [-0.4, -0.2) is 49.3 Å². The van der Waals surface area contributed by atoms with Gasteiger partial charge >= 0.3 is 11.9 Å². The molecule has 0 fully saturated rings. The molecule has 0 atom stereocenters. The molecule has 1 rings (SSSR count). The van der Waals surface area contributed by atoms with Crippen molar-refractivity contribution in [1.82, 2.24) is 4.90 Å². The van der Waals surface area contributed by atoms with Crippen molar-refractivity contribution in [3.63, 3.8) is 0 Å². The number of ether oxygens (including phenoxy) is 2. The molecule has 1 N–H and O–H groups in total. The zero-order chi connectivity index (χ0) is 20.0. The lowest BCUT2D eigenvalue weighted by Gasteiger charge is -2.29. The summed E-state index contributed by atoms with van der Waals surface area (Å²) in [6.45, 7) is 11.8. The molecular weight excluding hydrogens is 372 g/mol. The van der Waals surface area contributed by atoms with Crippen LogP contribution in [-0.2, 0) is 9.47 Å². The van der Waals surface area contributed by atoms with Gasteiger partial charge in [-0.1, -0.05) is 27.7 Å². The van der Waals surface area contributed by atoms with Gasteiger partial charge in [0, 0.05) is 13.1 Å². The first-order valence-corrected chi connectivity index (χ1v) is 9.70. The minimum atomic E-state index is -0.515. The Morgan fingerprint density at radius 1 is 1.08 bits per heavy atom. The summed E-state index contributed by atoms with van der Waals surface area (Å²) in [7, 11) is 2.62. The highest BCUT2D eigenvalue weighted by molar-refractivity contribution is 7.80. The summed E-state index contributed by atoms with van der Waals surface area (Å²) >= 11 is 6.72. The van der Waals surface area contributed by atoms with Crippen molar-refractivity contribution in [3.8, 4) is 0 Å². The van der Waals surface area contributed by atoms with E-state index in [0.717, 1.165) is 24.4 Å². The fourth-order valence-electron chi connectivity index (χ4n) is 2.53. The maximum atomic E-state index is 12.2. The minimum absolute atomic E-state index is 0.314. The van der Waals surface area contributed by atoms with Crippen LogP contribution in [0.2, 0.25) is 0 Å². The van der Waals surface area contributed by atoms with E-state index >= 15 is 0 Å². The van der Waals surface area contributed by atoms with Crippen molar-refractivity contribution in [2.45, 2.75) is 34.6 Å². The van der Waals surface area contributed by atoms with Crippen LogP contribution in [0.5, 0.6) is 0 Å². The van der Waals surface area contributed by atoms with E-state index in [1.54, 1.807) is 6.92 Å². The number of rotatable bonds is 7. The zero-order valence-corrected chi connectivity index (χ0v) is 18.1. The first kappa shape index (κ1) is 22.4. The molecular formula is C18H28N2O4S2. The van der Waals surface area contributed by atoms with Crippen molar-refractivity contribution >= 4 is 45.6 Å². The molecule has 0 radical (unpaired) electrons. The lowest BCUT2D eigenvalue weighted by Crippen LogP contribution is -2.39. The van der Waals surface area contributed by atoms with Gasteiger partial charge in [0.15, 0.2) is 5.11 Å². The second kappa shape index (κ2) is 9.87. The molecule has 1 heterocycles. The molecule has 26 heavy (non-hydrogen) atoms. The average molecular weight is 401 g/mol. The monoisotopic (exact) mass is 400 g/mol. The lowest BCUT2D eigenvalue weighted by molar-refractivity contribution is 0.0601. The summed E-state index contributed by atoms with van der Waals surface area (Å²) in [5, 5.41) is 4.16. The van der Waals surface area contributed by atoms with Gasteiger partial charge in [0.05, 0.1) is 19.8 Å². The van der Waals surface area contributed by atoms with Gasteiger partial charge in [-0.05, 0) is 36.5 Å². The number of hydrogen-bond acceptors (Lipinski definition) is 6. The van der Waals surface area contributed by atoms with Crippen molar-refractivity contribution in [1.29, 1.82) is 0 Å². The second-order valence-electron chi connectivity index (χ2n) is 6.87. The summed E-state index contributed by atoms with van der Waals surface area (Å²) in [5.74, 6) is -0.134. The van der Waals surface area contributed by atoms with E-state index in [1.807, 2.05) is 0 Å². The third-order valence-electron chi connectivity index (χ3n) is 3.59. The Hall–Kier alpha value is -1.67. The Kier molecular flexibility index (Phi) is 8.49. The lowest BCUT2D eigenvalue weighted by atomic mass is 10.1. The molecule has 0 amide bonds. The van der Waals surface area contributed by atoms with Crippen LogP contribution in [0.1, 0.15) is 53.3 Å². The number of carbonyl (C=O) groups excluding carboxylic acids is 2. The van der Waals surface area contributed by atoms with Gasteiger partial charge in [-0.25, -0.2) is 9.59 Å². The third-order valence-corrected chi connectivity index (χ3v) is 5.13. The number of nitrogens with one attached hydrogen (secondary N) is 1. The zero-order valence-electron chi connectivity index (χ0n) is 16.5. The number of methoxy groups -OCH3 is 2. The number of anilines is 1. The standard InChI is InChI=1S/C18H28N2O4S2/c1-10(2)8-20(9-11(3)4)18(25)19-15-13(16(21)23-6)12(5)14(26-15)17(22)24-7/h10-11H,8-9H2,1-7H3,(H,19,25). The summed E-state index contributed by atoms with van der Waals surface area (Å²) in [5.41, 5.74) is 0.840. The Morgan fingerprint density at radius 3 is 2.00 bits per heavy atom. The molecule has 0 spiro atoms. The van der Waals surface area contributed by atoms with Crippen LogP contribution in [0.4, 0.5) is 5.00 Å². The maximum Gasteiger partial charge on any atom is 0.348 e. The van der Waals surface area contributed by atoms with Gasteiger partial charge in [-0.2, -0.15) is 0 Å². The van der Waals surface area contributed by atoms with Gasteiger partial charge < -0.3 is 19.7 Å². The SMILES string of the molecule is COC(=O)c1sc(NC(=S)N(CC(C)C)CC(C)C)c(C(=O)OC)c1C. The topological polar surface area (TPSA) is 67.9 Å². The smallest absolute Gasteiger partial charge is 0.348 e. The molecule has 0 saturated carbocycles. The molecule has 0 bridgehead atoms. The van der Waals surface area contributed by atoms with Gasteiger partial charge in [0.2, 0.25) is 0 Å². The van der Waals surface area contributed by atoms with Crippen LogP contribution in [0.3, 0.4) is 0 Å².